The smallest absolute Gasteiger partial charge is 0.274 e. The Morgan fingerprint density at radius 1 is 1.69 bits per heavy atom. The second-order valence-corrected chi connectivity index (χ2v) is 4.86. The molecule has 0 aliphatic rings. The van der Waals surface area contributed by atoms with E-state index in [2.05, 4.69) is 18.5 Å². The summed E-state index contributed by atoms with van der Waals surface area (Å²) in [6.07, 6.45) is 0.896. The predicted molar refractivity (Wildman–Crippen MR) is 68.5 cm³/mol. The van der Waals surface area contributed by atoms with Crippen LogP contribution in [0.15, 0.2) is 34.4 Å². The highest BCUT2D eigenvalue weighted by molar-refractivity contribution is 8.08. The Labute approximate surface area is 104 Å². The van der Waals surface area contributed by atoms with Crippen molar-refractivity contribution in [2.45, 2.75) is 0 Å². The molecule has 0 fully saturated rings. The lowest BCUT2D eigenvalue weighted by Crippen LogP contribution is -2.28. The number of likely N-dealkylation sites (N-methyl/N-ethyl adjacent to an activating group) is 1. The van der Waals surface area contributed by atoms with Gasteiger partial charge < -0.3 is 10.2 Å². The van der Waals surface area contributed by atoms with Gasteiger partial charge in [0.1, 0.15) is 0 Å². The summed E-state index contributed by atoms with van der Waals surface area (Å²) in [6, 6.07) is 0. The number of nitrogens with one attached hydrogen (secondary N) is 1. The van der Waals surface area contributed by atoms with Crippen molar-refractivity contribution in [3.63, 3.8) is 0 Å². The summed E-state index contributed by atoms with van der Waals surface area (Å²) >= 11 is 6.84. The summed E-state index contributed by atoms with van der Waals surface area (Å²) in [7, 11) is 3.33. The Bertz CT molecular complexity index is 331. The van der Waals surface area contributed by atoms with Gasteiger partial charge in [-0.2, -0.15) is 0 Å². The van der Waals surface area contributed by atoms with Gasteiger partial charge in [0.05, 0.1) is 9.29 Å². The second kappa shape index (κ2) is 7.19. The van der Waals surface area contributed by atoms with Crippen LogP contribution >= 0.6 is 23.4 Å². The standard InChI is InChI=1S/C9H14ClN3O2S/c1-7(16-8(2)10)5-12(4)9(11-3)6-13(14)15/h6,11H,1-2,5H2,3-4H3/b9-6-. The molecule has 90 valence electrons. The molecule has 5 nitrogen and oxygen atoms in total. The van der Waals surface area contributed by atoms with Crippen LogP contribution in [0.25, 0.3) is 0 Å². The van der Waals surface area contributed by atoms with Crippen molar-refractivity contribution in [1.82, 2.24) is 10.2 Å². The highest BCUT2D eigenvalue weighted by atomic mass is 35.5. The Hall–Kier alpha value is -1.14. The first-order chi connectivity index (χ1) is 7.36. The molecule has 0 spiro atoms. The number of halogens is 1. The van der Waals surface area contributed by atoms with Crippen molar-refractivity contribution in [2.75, 3.05) is 20.6 Å². The van der Waals surface area contributed by atoms with Gasteiger partial charge in [-0.05, 0) is 0 Å². The van der Waals surface area contributed by atoms with E-state index in [0.717, 1.165) is 11.1 Å². The summed E-state index contributed by atoms with van der Waals surface area (Å²) in [6.45, 7) is 7.75. The van der Waals surface area contributed by atoms with Gasteiger partial charge in [0, 0.05) is 25.5 Å². The van der Waals surface area contributed by atoms with Crippen molar-refractivity contribution in [2.24, 2.45) is 0 Å². The summed E-state index contributed by atoms with van der Waals surface area (Å²) < 4.78 is 0.419. The average molecular weight is 264 g/mol. The lowest BCUT2D eigenvalue weighted by Gasteiger charge is -2.20. The molecule has 0 bridgehead atoms. The molecule has 1 N–H and O–H groups in total. The maximum Gasteiger partial charge on any atom is 0.274 e. The van der Waals surface area contributed by atoms with E-state index in [1.54, 1.807) is 19.0 Å². The van der Waals surface area contributed by atoms with Gasteiger partial charge in [-0.25, -0.2) is 0 Å². The third-order valence-corrected chi connectivity index (χ3v) is 2.43. The van der Waals surface area contributed by atoms with E-state index in [1.807, 2.05) is 0 Å². The number of hydrogen-bond acceptors (Lipinski definition) is 5. The first kappa shape index (κ1) is 14.9. The fraction of sp³-hybridized carbons (Fsp3) is 0.333. The highest BCUT2D eigenvalue weighted by Gasteiger charge is 2.09. The Balaban J connectivity index is 4.43. The van der Waals surface area contributed by atoms with Crippen LogP contribution in [0.2, 0.25) is 0 Å². The molecule has 0 aromatic heterocycles. The molecular formula is C9H14ClN3O2S. The van der Waals surface area contributed by atoms with Gasteiger partial charge in [-0.3, -0.25) is 10.1 Å². The molecule has 0 amide bonds. The summed E-state index contributed by atoms with van der Waals surface area (Å²) in [5.74, 6) is 0.395. The van der Waals surface area contributed by atoms with E-state index in [4.69, 9.17) is 11.6 Å². The quantitative estimate of drug-likeness (QED) is 0.564. The van der Waals surface area contributed by atoms with Crippen LogP contribution in [-0.4, -0.2) is 30.5 Å². The van der Waals surface area contributed by atoms with E-state index >= 15 is 0 Å². The lowest BCUT2D eigenvalue weighted by molar-refractivity contribution is -0.404. The first-order valence-corrected chi connectivity index (χ1v) is 5.50. The molecule has 0 radical (unpaired) electrons. The van der Waals surface area contributed by atoms with Crippen LogP contribution in [0.1, 0.15) is 0 Å². The molecule has 0 rings (SSSR count). The molecule has 0 heterocycles. The molecule has 16 heavy (non-hydrogen) atoms. The van der Waals surface area contributed by atoms with Gasteiger partial charge in [0.2, 0.25) is 0 Å². The van der Waals surface area contributed by atoms with Gasteiger partial charge in [0.25, 0.3) is 6.20 Å². The molecule has 0 saturated carbocycles. The minimum atomic E-state index is -0.515. The van der Waals surface area contributed by atoms with Gasteiger partial charge in [-0.1, -0.05) is 36.5 Å². The van der Waals surface area contributed by atoms with Crippen molar-refractivity contribution >= 4 is 23.4 Å². The monoisotopic (exact) mass is 263 g/mol. The number of nitro groups is 1. The van der Waals surface area contributed by atoms with Crippen LogP contribution in [0.5, 0.6) is 0 Å². The minimum absolute atomic E-state index is 0.395. The average Bonchev–Trinajstić information content (AvgIpc) is 2.11. The van der Waals surface area contributed by atoms with Crippen molar-refractivity contribution in [3.8, 4) is 0 Å². The Morgan fingerprint density at radius 3 is 2.62 bits per heavy atom. The van der Waals surface area contributed by atoms with Gasteiger partial charge >= 0.3 is 0 Å². The minimum Gasteiger partial charge on any atom is -0.370 e. The van der Waals surface area contributed by atoms with E-state index in [1.165, 1.54) is 11.8 Å². The Morgan fingerprint density at radius 2 is 2.25 bits per heavy atom. The van der Waals surface area contributed by atoms with Crippen LogP contribution in [0.3, 0.4) is 0 Å². The molecule has 0 atom stereocenters. The number of rotatable bonds is 7. The second-order valence-electron chi connectivity index (χ2n) is 2.90. The van der Waals surface area contributed by atoms with E-state index in [0.29, 0.717) is 16.7 Å². The molecule has 0 aliphatic heterocycles. The number of nitrogens with zero attached hydrogens (tertiary/aromatic N) is 2. The zero-order valence-corrected chi connectivity index (χ0v) is 10.8. The predicted octanol–water partition coefficient (Wildman–Crippen LogP) is 2.17. The number of hydrogen-bond donors (Lipinski definition) is 1. The molecule has 7 heteroatoms. The van der Waals surface area contributed by atoms with E-state index in [-0.39, 0.29) is 0 Å². The summed E-state index contributed by atoms with van der Waals surface area (Å²) in [4.78, 5) is 12.2. The van der Waals surface area contributed by atoms with Crippen LogP contribution in [-0.2, 0) is 0 Å². The third kappa shape index (κ3) is 6.36. The van der Waals surface area contributed by atoms with Gasteiger partial charge in [-0.15, -0.1) is 0 Å². The van der Waals surface area contributed by atoms with Crippen molar-refractivity contribution < 1.29 is 4.92 Å². The van der Waals surface area contributed by atoms with E-state index in [9.17, 15) is 10.1 Å². The molecule has 0 unspecified atom stereocenters. The Kier molecular flexibility index (Phi) is 6.67. The zero-order valence-electron chi connectivity index (χ0n) is 9.20. The number of thioether (sulfide) groups is 1. The third-order valence-electron chi connectivity index (χ3n) is 1.56. The largest absolute Gasteiger partial charge is 0.370 e. The maximum atomic E-state index is 10.3. The fourth-order valence-electron chi connectivity index (χ4n) is 0.992. The van der Waals surface area contributed by atoms with Crippen LogP contribution in [0, 0.1) is 10.1 Å². The maximum absolute atomic E-state index is 10.3. The van der Waals surface area contributed by atoms with Crippen LogP contribution in [0.4, 0.5) is 0 Å². The molecule has 0 aromatic rings. The zero-order chi connectivity index (χ0) is 12.7. The molecule has 0 saturated heterocycles. The topological polar surface area (TPSA) is 58.4 Å². The molecule has 0 aromatic carbocycles. The van der Waals surface area contributed by atoms with E-state index < -0.39 is 4.92 Å². The SMILES string of the molecule is C=C(Cl)SC(=C)CN(C)/C(=C\[N+](=O)[O-])NC. The first-order valence-electron chi connectivity index (χ1n) is 4.31. The summed E-state index contributed by atoms with van der Waals surface area (Å²) in [5.41, 5.74) is 0. The normalized spacial score (nSPS) is 10.8. The molecule has 0 aliphatic carbocycles. The van der Waals surface area contributed by atoms with Crippen molar-refractivity contribution in [3.05, 3.63) is 44.6 Å². The van der Waals surface area contributed by atoms with Gasteiger partial charge in [0.15, 0.2) is 5.82 Å². The van der Waals surface area contributed by atoms with Crippen molar-refractivity contribution in [1.29, 1.82) is 0 Å². The lowest BCUT2D eigenvalue weighted by atomic mass is 10.5. The summed E-state index contributed by atoms with van der Waals surface area (Å²) in [5, 5.41) is 13.1. The fourth-order valence-corrected chi connectivity index (χ4v) is 1.89. The highest BCUT2D eigenvalue weighted by Crippen LogP contribution is 2.25. The van der Waals surface area contributed by atoms with Crippen LogP contribution < -0.4 is 5.32 Å². The molecular weight excluding hydrogens is 250 g/mol.